The lowest BCUT2D eigenvalue weighted by Crippen LogP contribution is -2.32. The molecule has 1 unspecified atom stereocenters. The summed E-state index contributed by atoms with van der Waals surface area (Å²) in [7, 11) is 0. The summed E-state index contributed by atoms with van der Waals surface area (Å²) in [5.74, 6) is 0. The van der Waals surface area contributed by atoms with E-state index in [0.717, 1.165) is 19.5 Å². The molecule has 118 valence electrons. The maximum Gasteiger partial charge on any atom is 0.0489 e. The van der Waals surface area contributed by atoms with Gasteiger partial charge in [-0.1, -0.05) is 42.8 Å². The molecule has 3 rings (SSSR count). The third kappa shape index (κ3) is 4.72. The summed E-state index contributed by atoms with van der Waals surface area (Å²) in [4.78, 5) is 0. The molecule has 0 aliphatic carbocycles. The second-order valence-electron chi connectivity index (χ2n) is 5.67. The zero-order chi connectivity index (χ0) is 14.3. The molecule has 2 aromatic rings. The minimum atomic E-state index is 0. The van der Waals surface area contributed by atoms with Crippen molar-refractivity contribution in [3.63, 3.8) is 0 Å². The summed E-state index contributed by atoms with van der Waals surface area (Å²) in [6.45, 7) is 2.02. The van der Waals surface area contributed by atoms with E-state index in [2.05, 4.69) is 46.8 Å². The molecule has 1 N–H and O–H groups in total. The van der Waals surface area contributed by atoms with Crippen LogP contribution in [0.5, 0.6) is 0 Å². The van der Waals surface area contributed by atoms with Crippen LogP contribution in [0.1, 0.15) is 31.2 Å². The van der Waals surface area contributed by atoms with E-state index in [-0.39, 0.29) is 12.4 Å². The van der Waals surface area contributed by atoms with Gasteiger partial charge in [-0.05, 0) is 36.5 Å². The Labute approximate surface area is 138 Å². The summed E-state index contributed by atoms with van der Waals surface area (Å²) in [6.07, 6.45) is 11.0. The van der Waals surface area contributed by atoms with Gasteiger partial charge < -0.3 is 5.32 Å². The number of halogens is 1. The van der Waals surface area contributed by atoms with Gasteiger partial charge in [0.2, 0.25) is 0 Å². The van der Waals surface area contributed by atoms with Crippen LogP contribution in [0, 0.1) is 0 Å². The van der Waals surface area contributed by atoms with Crippen LogP contribution in [-0.2, 0) is 6.54 Å². The number of nitrogens with one attached hydrogen (secondary N) is 1. The Morgan fingerprint density at radius 1 is 1.14 bits per heavy atom. The molecule has 4 heteroatoms. The van der Waals surface area contributed by atoms with Crippen molar-refractivity contribution in [2.45, 2.75) is 38.3 Å². The lowest BCUT2D eigenvalue weighted by molar-refractivity contribution is 0.456. The summed E-state index contributed by atoms with van der Waals surface area (Å²) in [5, 5.41) is 7.86. The van der Waals surface area contributed by atoms with Crippen LogP contribution in [0.3, 0.4) is 0 Å². The van der Waals surface area contributed by atoms with Crippen molar-refractivity contribution in [3.05, 3.63) is 60.4 Å². The standard InChI is InChI=1S/C18H23N3.ClH/c1-2-7-16(8-3-1)17-10-12-19-18(15-17)9-4-5-13-21-14-6-11-20-21;/h1-3,6-8,10-11,14,18-19H,4-5,9,12-13,15H2;1H. The third-order valence-corrected chi connectivity index (χ3v) is 4.11. The van der Waals surface area contributed by atoms with Crippen LogP contribution in [0.2, 0.25) is 0 Å². The first kappa shape index (κ1) is 16.8. The molecule has 1 aliphatic heterocycles. The summed E-state index contributed by atoms with van der Waals surface area (Å²) < 4.78 is 2.02. The number of hydrogen-bond acceptors (Lipinski definition) is 2. The van der Waals surface area contributed by atoms with Crippen LogP contribution in [0.4, 0.5) is 0 Å². The minimum absolute atomic E-state index is 0. The van der Waals surface area contributed by atoms with E-state index in [1.165, 1.54) is 30.4 Å². The Balaban J connectivity index is 0.00000176. The number of aryl methyl sites for hydroxylation is 1. The van der Waals surface area contributed by atoms with E-state index < -0.39 is 0 Å². The predicted molar refractivity (Wildman–Crippen MR) is 94.2 cm³/mol. The van der Waals surface area contributed by atoms with E-state index in [1.54, 1.807) is 0 Å². The molecule has 0 amide bonds. The van der Waals surface area contributed by atoms with Crippen LogP contribution in [0.15, 0.2) is 54.9 Å². The number of benzene rings is 1. The summed E-state index contributed by atoms with van der Waals surface area (Å²) >= 11 is 0. The molecule has 0 radical (unpaired) electrons. The summed E-state index contributed by atoms with van der Waals surface area (Å²) in [5.41, 5.74) is 2.87. The van der Waals surface area contributed by atoms with Crippen molar-refractivity contribution >= 4 is 18.0 Å². The van der Waals surface area contributed by atoms with E-state index in [0.29, 0.717) is 6.04 Å². The number of nitrogens with zero attached hydrogens (tertiary/aromatic N) is 2. The SMILES string of the molecule is C1=C(c2ccccc2)CC(CCCCn2cccn2)NC1.Cl. The van der Waals surface area contributed by atoms with Crippen molar-refractivity contribution in [2.24, 2.45) is 0 Å². The Kier molecular flexibility index (Phi) is 6.69. The first-order chi connectivity index (χ1) is 10.4. The van der Waals surface area contributed by atoms with Crippen LogP contribution >= 0.6 is 12.4 Å². The number of hydrogen-bond donors (Lipinski definition) is 1. The maximum atomic E-state index is 4.24. The van der Waals surface area contributed by atoms with Gasteiger partial charge in [-0.25, -0.2) is 0 Å². The molecule has 0 saturated carbocycles. The first-order valence-electron chi connectivity index (χ1n) is 7.87. The Morgan fingerprint density at radius 3 is 2.77 bits per heavy atom. The average molecular weight is 318 g/mol. The fraction of sp³-hybridized carbons (Fsp3) is 0.389. The molecule has 0 saturated heterocycles. The Bertz CT molecular complexity index is 563. The zero-order valence-electron chi connectivity index (χ0n) is 12.8. The zero-order valence-corrected chi connectivity index (χ0v) is 13.6. The molecular weight excluding hydrogens is 294 g/mol. The Morgan fingerprint density at radius 2 is 2.00 bits per heavy atom. The monoisotopic (exact) mass is 317 g/mol. The van der Waals surface area contributed by atoms with Crippen molar-refractivity contribution in [1.29, 1.82) is 0 Å². The largest absolute Gasteiger partial charge is 0.310 e. The number of aromatic nitrogens is 2. The second kappa shape index (κ2) is 8.76. The average Bonchev–Trinajstić information content (AvgIpc) is 3.06. The summed E-state index contributed by atoms with van der Waals surface area (Å²) in [6, 6.07) is 13.4. The first-order valence-corrected chi connectivity index (χ1v) is 7.87. The fourth-order valence-electron chi connectivity index (χ4n) is 2.96. The molecule has 1 aliphatic rings. The van der Waals surface area contributed by atoms with E-state index >= 15 is 0 Å². The van der Waals surface area contributed by atoms with Crippen molar-refractivity contribution in [3.8, 4) is 0 Å². The van der Waals surface area contributed by atoms with Crippen molar-refractivity contribution < 1.29 is 0 Å². The van der Waals surface area contributed by atoms with Gasteiger partial charge in [0.05, 0.1) is 0 Å². The topological polar surface area (TPSA) is 29.9 Å². The van der Waals surface area contributed by atoms with Gasteiger partial charge in [0, 0.05) is 31.5 Å². The van der Waals surface area contributed by atoms with E-state index in [1.807, 2.05) is 23.1 Å². The maximum absolute atomic E-state index is 4.24. The molecule has 1 atom stereocenters. The molecule has 0 spiro atoms. The quantitative estimate of drug-likeness (QED) is 0.818. The van der Waals surface area contributed by atoms with Gasteiger partial charge in [-0.2, -0.15) is 5.10 Å². The van der Waals surface area contributed by atoms with Gasteiger partial charge in [0.15, 0.2) is 0 Å². The third-order valence-electron chi connectivity index (χ3n) is 4.11. The highest BCUT2D eigenvalue weighted by atomic mass is 35.5. The molecule has 0 fully saturated rings. The lowest BCUT2D eigenvalue weighted by Gasteiger charge is -2.24. The van der Waals surface area contributed by atoms with Crippen LogP contribution in [-0.4, -0.2) is 22.4 Å². The fourth-order valence-corrected chi connectivity index (χ4v) is 2.96. The van der Waals surface area contributed by atoms with Crippen LogP contribution in [0.25, 0.3) is 5.57 Å². The number of unbranched alkanes of at least 4 members (excludes halogenated alkanes) is 1. The van der Waals surface area contributed by atoms with Gasteiger partial charge in [-0.3, -0.25) is 4.68 Å². The minimum Gasteiger partial charge on any atom is -0.310 e. The van der Waals surface area contributed by atoms with Gasteiger partial charge in [0.1, 0.15) is 0 Å². The molecule has 2 heterocycles. The smallest absolute Gasteiger partial charge is 0.0489 e. The normalized spacial score (nSPS) is 17.6. The van der Waals surface area contributed by atoms with E-state index in [4.69, 9.17) is 0 Å². The molecular formula is C18H24ClN3. The second-order valence-corrected chi connectivity index (χ2v) is 5.67. The van der Waals surface area contributed by atoms with Gasteiger partial charge >= 0.3 is 0 Å². The van der Waals surface area contributed by atoms with E-state index in [9.17, 15) is 0 Å². The Hall–Kier alpha value is -1.58. The highest BCUT2D eigenvalue weighted by Crippen LogP contribution is 2.24. The lowest BCUT2D eigenvalue weighted by atomic mass is 9.93. The predicted octanol–water partition coefficient (Wildman–Crippen LogP) is 3.92. The van der Waals surface area contributed by atoms with Crippen molar-refractivity contribution in [2.75, 3.05) is 6.54 Å². The molecule has 1 aromatic heterocycles. The van der Waals surface area contributed by atoms with Gasteiger partial charge in [0.25, 0.3) is 0 Å². The molecule has 3 nitrogen and oxygen atoms in total. The van der Waals surface area contributed by atoms with Crippen molar-refractivity contribution in [1.82, 2.24) is 15.1 Å². The molecule has 22 heavy (non-hydrogen) atoms. The molecule has 0 bridgehead atoms. The highest BCUT2D eigenvalue weighted by molar-refractivity contribution is 5.85. The number of rotatable bonds is 6. The molecule has 1 aromatic carbocycles. The van der Waals surface area contributed by atoms with Gasteiger partial charge in [-0.15, -0.1) is 12.4 Å². The highest BCUT2D eigenvalue weighted by Gasteiger charge is 2.15. The van der Waals surface area contributed by atoms with Crippen LogP contribution < -0.4 is 5.32 Å².